The Morgan fingerprint density at radius 1 is 1.44 bits per heavy atom. The van der Waals surface area contributed by atoms with E-state index in [0.717, 1.165) is 22.4 Å². The van der Waals surface area contributed by atoms with Gasteiger partial charge in [-0.3, -0.25) is 4.79 Å². The van der Waals surface area contributed by atoms with Gasteiger partial charge in [-0.05, 0) is 37.0 Å². The maximum Gasteiger partial charge on any atom is 0.320 e. The number of carbonyl (C=O) groups is 1. The van der Waals surface area contributed by atoms with E-state index in [2.05, 4.69) is 0 Å². The molecule has 1 atom stereocenters. The average molecular weight is 223 g/mol. The summed E-state index contributed by atoms with van der Waals surface area (Å²) in [5.74, 6) is -0.140. The first kappa shape index (κ1) is 12.5. The molecule has 0 unspecified atom stereocenters. The molecule has 0 bridgehead atoms. The summed E-state index contributed by atoms with van der Waals surface area (Å²) in [7, 11) is 1.62. The lowest BCUT2D eigenvalue weighted by Gasteiger charge is -2.12. The Labute approximate surface area is 95.0 Å². The number of carboxylic acids is 1. The third-order valence-corrected chi connectivity index (χ3v) is 2.50. The lowest BCUT2D eigenvalue weighted by Crippen LogP contribution is -2.32. The molecule has 0 aromatic heterocycles. The van der Waals surface area contributed by atoms with Crippen LogP contribution in [-0.2, 0) is 11.2 Å². The Morgan fingerprint density at radius 2 is 1.94 bits per heavy atom. The molecule has 4 heteroatoms. The number of nitrogens with two attached hydrogens (primary N) is 1. The standard InChI is InChI=1S/C12H17NO3/c1-7-4-9(6-10(13)12(14)15)5-8(2)11(7)16-3/h4-5,10H,6,13H2,1-3H3,(H,14,15)/t10-/m0/s1. The van der Waals surface area contributed by atoms with Gasteiger partial charge in [-0.2, -0.15) is 0 Å². The van der Waals surface area contributed by atoms with Crippen molar-refractivity contribution < 1.29 is 14.6 Å². The lowest BCUT2D eigenvalue weighted by molar-refractivity contribution is -0.138. The highest BCUT2D eigenvalue weighted by molar-refractivity contribution is 5.73. The van der Waals surface area contributed by atoms with Gasteiger partial charge in [0, 0.05) is 0 Å². The Bertz CT molecular complexity index is 378. The number of aryl methyl sites for hydroxylation is 2. The van der Waals surface area contributed by atoms with Crippen LogP contribution in [0.2, 0.25) is 0 Å². The van der Waals surface area contributed by atoms with Gasteiger partial charge in [0.2, 0.25) is 0 Å². The molecule has 3 N–H and O–H groups in total. The topological polar surface area (TPSA) is 72.5 Å². The monoisotopic (exact) mass is 223 g/mol. The second-order valence-corrected chi connectivity index (χ2v) is 3.91. The minimum Gasteiger partial charge on any atom is -0.496 e. The maximum atomic E-state index is 10.6. The van der Waals surface area contributed by atoms with Gasteiger partial charge in [0.05, 0.1) is 7.11 Å². The number of ether oxygens (including phenoxy) is 1. The predicted molar refractivity (Wildman–Crippen MR) is 61.8 cm³/mol. The Hall–Kier alpha value is -1.55. The zero-order chi connectivity index (χ0) is 12.3. The van der Waals surface area contributed by atoms with Gasteiger partial charge in [0.15, 0.2) is 0 Å². The number of methoxy groups -OCH3 is 1. The van der Waals surface area contributed by atoms with E-state index in [9.17, 15) is 4.79 Å². The van der Waals surface area contributed by atoms with Crippen molar-refractivity contribution in [1.82, 2.24) is 0 Å². The van der Waals surface area contributed by atoms with Gasteiger partial charge in [-0.1, -0.05) is 12.1 Å². The Kier molecular flexibility index (Phi) is 3.90. The van der Waals surface area contributed by atoms with E-state index in [1.165, 1.54) is 0 Å². The van der Waals surface area contributed by atoms with Gasteiger partial charge in [-0.15, -0.1) is 0 Å². The summed E-state index contributed by atoms with van der Waals surface area (Å²) in [5.41, 5.74) is 8.40. The number of hydrogen-bond acceptors (Lipinski definition) is 3. The van der Waals surface area contributed by atoms with E-state index in [0.29, 0.717) is 6.42 Å². The minimum absolute atomic E-state index is 0.334. The molecular weight excluding hydrogens is 206 g/mol. The molecule has 1 rings (SSSR count). The molecule has 0 radical (unpaired) electrons. The first-order chi connectivity index (χ1) is 7.45. The quantitative estimate of drug-likeness (QED) is 0.806. The molecule has 0 heterocycles. The molecular formula is C12H17NO3. The van der Waals surface area contributed by atoms with Crippen LogP contribution in [-0.4, -0.2) is 24.2 Å². The van der Waals surface area contributed by atoms with Gasteiger partial charge < -0.3 is 15.6 Å². The first-order valence-corrected chi connectivity index (χ1v) is 5.08. The fraction of sp³-hybridized carbons (Fsp3) is 0.417. The van der Waals surface area contributed by atoms with Crippen molar-refractivity contribution in [1.29, 1.82) is 0 Å². The van der Waals surface area contributed by atoms with Crippen molar-refractivity contribution in [3.8, 4) is 5.75 Å². The fourth-order valence-electron chi connectivity index (χ4n) is 1.82. The molecule has 88 valence electrons. The highest BCUT2D eigenvalue weighted by Gasteiger charge is 2.13. The molecule has 0 aliphatic carbocycles. The normalized spacial score (nSPS) is 12.2. The van der Waals surface area contributed by atoms with Crippen LogP contribution < -0.4 is 10.5 Å². The third kappa shape index (κ3) is 2.73. The highest BCUT2D eigenvalue weighted by Crippen LogP contribution is 2.24. The van der Waals surface area contributed by atoms with Crippen molar-refractivity contribution in [2.75, 3.05) is 7.11 Å². The van der Waals surface area contributed by atoms with Gasteiger partial charge >= 0.3 is 5.97 Å². The molecule has 0 amide bonds. The highest BCUT2D eigenvalue weighted by atomic mass is 16.5. The summed E-state index contributed by atoms with van der Waals surface area (Å²) >= 11 is 0. The zero-order valence-corrected chi connectivity index (χ0v) is 9.78. The van der Waals surface area contributed by atoms with E-state index in [-0.39, 0.29) is 0 Å². The summed E-state index contributed by atoms with van der Waals surface area (Å²) < 4.78 is 5.24. The number of aliphatic carboxylic acids is 1. The van der Waals surface area contributed by atoms with Crippen LogP contribution in [0.1, 0.15) is 16.7 Å². The molecule has 0 saturated carbocycles. The second-order valence-electron chi connectivity index (χ2n) is 3.91. The molecule has 1 aromatic carbocycles. The molecule has 0 spiro atoms. The van der Waals surface area contributed by atoms with Gasteiger partial charge in [-0.25, -0.2) is 0 Å². The number of hydrogen-bond donors (Lipinski definition) is 2. The minimum atomic E-state index is -0.980. The maximum absolute atomic E-state index is 10.6. The smallest absolute Gasteiger partial charge is 0.320 e. The van der Waals surface area contributed by atoms with Crippen LogP contribution in [0.4, 0.5) is 0 Å². The van der Waals surface area contributed by atoms with Gasteiger partial charge in [0.1, 0.15) is 11.8 Å². The summed E-state index contributed by atoms with van der Waals surface area (Å²) in [5, 5.41) is 8.73. The van der Waals surface area contributed by atoms with Crippen LogP contribution in [0.15, 0.2) is 12.1 Å². The van der Waals surface area contributed by atoms with Crippen molar-refractivity contribution in [2.45, 2.75) is 26.3 Å². The van der Waals surface area contributed by atoms with Crippen LogP contribution in [0.5, 0.6) is 5.75 Å². The van der Waals surface area contributed by atoms with Crippen LogP contribution >= 0.6 is 0 Å². The summed E-state index contributed by atoms with van der Waals surface area (Å²) in [6, 6.07) is 2.97. The summed E-state index contributed by atoms with van der Waals surface area (Å²) in [4.78, 5) is 10.6. The Morgan fingerprint density at radius 3 is 2.31 bits per heavy atom. The molecule has 4 nitrogen and oxygen atoms in total. The van der Waals surface area contributed by atoms with Crippen molar-refractivity contribution in [3.05, 3.63) is 28.8 Å². The van der Waals surface area contributed by atoms with E-state index >= 15 is 0 Å². The average Bonchev–Trinajstić information content (AvgIpc) is 2.16. The predicted octanol–water partition coefficient (Wildman–Crippen LogP) is 1.27. The van der Waals surface area contributed by atoms with Crippen molar-refractivity contribution in [3.63, 3.8) is 0 Å². The zero-order valence-electron chi connectivity index (χ0n) is 9.78. The van der Waals surface area contributed by atoms with E-state index in [4.69, 9.17) is 15.6 Å². The largest absolute Gasteiger partial charge is 0.496 e. The SMILES string of the molecule is COc1c(C)cc(C[C@H](N)C(=O)O)cc1C. The van der Waals surface area contributed by atoms with E-state index in [1.807, 2.05) is 26.0 Å². The van der Waals surface area contributed by atoms with Crippen molar-refractivity contribution in [2.24, 2.45) is 5.73 Å². The fourth-order valence-corrected chi connectivity index (χ4v) is 1.82. The van der Waals surface area contributed by atoms with Crippen LogP contribution in [0, 0.1) is 13.8 Å². The molecule has 16 heavy (non-hydrogen) atoms. The molecule has 0 aliphatic heterocycles. The van der Waals surface area contributed by atoms with E-state index in [1.54, 1.807) is 7.11 Å². The van der Waals surface area contributed by atoms with Crippen LogP contribution in [0.3, 0.4) is 0 Å². The van der Waals surface area contributed by atoms with E-state index < -0.39 is 12.0 Å². The number of rotatable bonds is 4. The number of benzene rings is 1. The third-order valence-electron chi connectivity index (χ3n) is 2.50. The summed E-state index contributed by atoms with van der Waals surface area (Å²) in [6.07, 6.45) is 0.334. The summed E-state index contributed by atoms with van der Waals surface area (Å²) in [6.45, 7) is 3.86. The van der Waals surface area contributed by atoms with Gasteiger partial charge in [0.25, 0.3) is 0 Å². The second kappa shape index (κ2) is 4.99. The van der Waals surface area contributed by atoms with Crippen LogP contribution in [0.25, 0.3) is 0 Å². The lowest BCUT2D eigenvalue weighted by atomic mass is 10.0. The van der Waals surface area contributed by atoms with Crippen molar-refractivity contribution >= 4 is 5.97 Å². The molecule has 0 saturated heterocycles. The molecule has 0 fully saturated rings. The molecule has 0 aliphatic rings. The Balaban J connectivity index is 2.96. The number of carboxylic acid groups (broad SMARTS) is 1. The first-order valence-electron chi connectivity index (χ1n) is 5.08. The molecule has 1 aromatic rings.